The second kappa shape index (κ2) is 7.09. The number of nitrogens with one attached hydrogen (secondary N) is 1. The van der Waals surface area contributed by atoms with Crippen LogP contribution in [0.1, 0.15) is 54.3 Å². The van der Waals surface area contributed by atoms with Gasteiger partial charge in [0.25, 0.3) is 0 Å². The maximum Gasteiger partial charge on any atom is 0.338 e. The summed E-state index contributed by atoms with van der Waals surface area (Å²) in [5, 5.41) is 12.7. The smallest absolute Gasteiger partial charge is 0.338 e. The fourth-order valence-corrected chi connectivity index (χ4v) is 4.40. The SMILES string of the molecule is CC(=O)N1c2cc(F)c(C(=O)O)cc2[C@H](Nc2nccc(C)n2)[C@@H](C)[C@@H]1C1CC1. The largest absolute Gasteiger partial charge is 0.478 e. The lowest BCUT2D eigenvalue weighted by Crippen LogP contribution is -2.51. The van der Waals surface area contributed by atoms with Crippen LogP contribution in [-0.4, -0.2) is 33.0 Å². The summed E-state index contributed by atoms with van der Waals surface area (Å²) in [7, 11) is 0. The lowest BCUT2D eigenvalue weighted by Gasteiger charge is -2.45. The summed E-state index contributed by atoms with van der Waals surface area (Å²) in [4.78, 5) is 34.4. The summed E-state index contributed by atoms with van der Waals surface area (Å²) in [6.07, 6.45) is 3.67. The van der Waals surface area contributed by atoms with Gasteiger partial charge >= 0.3 is 5.97 Å². The van der Waals surface area contributed by atoms with Gasteiger partial charge in [0.15, 0.2) is 0 Å². The Balaban J connectivity index is 1.87. The van der Waals surface area contributed by atoms with Crippen molar-refractivity contribution < 1.29 is 19.1 Å². The van der Waals surface area contributed by atoms with Crippen molar-refractivity contribution in [1.29, 1.82) is 0 Å². The number of rotatable bonds is 4. The minimum absolute atomic E-state index is 0.0462. The van der Waals surface area contributed by atoms with Gasteiger partial charge in [-0.15, -0.1) is 0 Å². The van der Waals surface area contributed by atoms with Gasteiger partial charge in [0.1, 0.15) is 5.82 Å². The van der Waals surface area contributed by atoms with Crippen LogP contribution in [0.2, 0.25) is 0 Å². The molecule has 7 nitrogen and oxygen atoms in total. The summed E-state index contributed by atoms with van der Waals surface area (Å²) in [6.45, 7) is 5.35. The molecule has 2 N–H and O–H groups in total. The predicted molar refractivity (Wildman–Crippen MR) is 105 cm³/mol. The van der Waals surface area contributed by atoms with Crippen molar-refractivity contribution in [2.24, 2.45) is 11.8 Å². The van der Waals surface area contributed by atoms with E-state index >= 15 is 0 Å². The van der Waals surface area contributed by atoms with Crippen LogP contribution < -0.4 is 10.2 Å². The average molecular weight is 398 g/mol. The molecule has 1 amide bonds. The van der Waals surface area contributed by atoms with Crippen molar-refractivity contribution in [3.05, 3.63) is 47.0 Å². The normalized spacial score (nSPS) is 23.4. The topological polar surface area (TPSA) is 95.4 Å². The number of aromatic carboxylic acids is 1. The van der Waals surface area contributed by atoms with Gasteiger partial charge in [-0.3, -0.25) is 4.79 Å². The molecule has 0 spiro atoms. The fraction of sp³-hybridized carbons (Fsp3) is 0.429. The van der Waals surface area contributed by atoms with Crippen LogP contribution in [0, 0.1) is 24.6 Å². The van der Waals surface area contributed by atoms with Crippen LogP contribution in [0.25, 0.3) is 0 Å². The first-order valence-corrected chi connectivity index (χ1v) is 9.70. The molecule has 29 heavy (non-hydrogen) atoms. The highest BCUT2D eigenvalue weighted by Gasteiger charge is 2.48. The molecule has 1 aromatic heterocycles. The molecule has 2 aliphatic rings. The zero-order valence-electron chi connectivity index (χ0n) is 16.5. The molecule has 4 rings (SSSR count). The second-order valence-electron chi connectivity index (χ2n) is 7.92. The minimum atomic E-state index is -1.35. The number of carboxylic acid groups (broad SMARTS) is 1. The van der Waals surface area contributed by atoms with Crippen molar-refractivity contribution in [2.45, 2.75) is 45.7 Å². The highest BCUT2D eigenvalue weighted by molar-refractivity contribution is 5.96. The van der Waals surface area contributed by atoms with Gasteiger partial charge in [-0.1, -0.05) is 6.92 Å². The minimum Gasteiger partial charge on any atom is -0.478 e. The third kappa shape index (κ3) is 3.43. The van der Waals surface area contributed by atoms with E-state index in [-0.39, 0.29) is 23.9 Å². The van der Waals surface area contributed by atoms with Crippen LogP contribution in [0.5, 0.6) is 0 Å². The van der Waals surface area contributed by atoms with E-state index in [4.69, 9.17) is 0 Å². The number of benzene rings is 1. The number of carboxylic acids is 1. The van der Waals surface area contributed by atoms with E-state index in [0.29, 0.717) is 23.1 Å². The Morgan fingerprint density at radius 3 is 2.62 bits per heavy atom. The molecule has 0 unspecified atom stereocenters. The number of aryl methyl sites for hydroxylation is 1. The van der Waals surface area contributed by atoms with E-state index in [1.807, 2.05) is 13.8 Å². The molecule has 1 saturated carbocycles. The quantitative estimate of drug-likeness (QED) is 0.818. The Labute approximate surface area is 168 Å². The highest BCUT2D eigenvalue weighted by atomic mass is 19.1. The number of fused-ring (bicyclic) bond motifs is 1. The van der Waals surface area contributed by atoms with Crippen molar-refractivity contribution >= 4 is 23.5 Å². The predicted octanol–water partition coefficient (Wildman–Crippen LogP) is 3.56. The Bertz CT molecular complexity index is 992. The molecule has 0 radical (unpaired) electrons. The first-order chi connectivity index (χ1) is 13.8. The molecule has 1 aliphatic heterocycles. The Morgan fingerprint density at radius 2 is 2.03 bits per heavy atom. The van der Waals surface area contributed by atoms with Gasteiger partial charge in [0, 0.05) is 30.8 Å². The van der Waals surface area contributed by atoms with Crippen LogP contribution in [0.4, 0.5) is 16.0 Å². The number of amides is 1. The molecule has 0 saturated heterocycles. The van der Waals surface area contributed by atoms with Gasteiger partial charge in [-0.25, -0.2) is 19.2 Å². The Hall–Kier alpha value is -3.03. The third-order valence-corrected chi connectivity index (χ3v) is 5.83. The van der Waals surface area contributed by atoms with Crippen molar-refractivity contribution in [1.82, 2.24) is 9.97 Å². The number of hydrogen-bond acceptors (Lipinski definition) is 5. The summed E-state index contributed by atoms with van der Waals surface area (Å²) < 4.78 is 14.5. The van der Waals surface area contributed by atoms with E-state index in [2.05, 4.69) is 15.3 Å². The second-order valence-corrected chi connectivity index (χ2v) is 7.92. The molecule has 8 heteroatoms. The van der Waals surface area contributed by atoms with E-state index in [1.54, 1.807) is 17.2 Å². The third-order valence-electron chi connectivity index (χ3n) is 5.83. The summed E-state index contributed by atoms with van der Waals surface area (Å²) in [5.41, 5.74) is 1.36. The van der Waals surface area contributed by atoms with E-state index < -0.39 is 17.3 Å². The maximum absolute atomic E-state index is 14.5. The first-order valence-electron chi connectivity index (χ1n) is 9.70. The molecular weight excluding hydrogens is 375 g/mol. The molecule has 2 aromatic rings. The Morgan fingerprint density at radius 1 is 1.31 bits per heavy atom. The first kappa shape index (κ1) is 19.3. The van der Waals surface area contributed by atoms with Crippen LogP contribution in [0.15, 0.2) is 24.4 Å². The van der Waals surface area contributed by atoms with Gasteiger partial charge in [-0.2, -0.15) is 0 Å². The van der Waals surface area contributed by atoms with Crippen molar-refractivity contribution in [3.8, 4) is 0 Å². The number of anilines is 2. The highest BCUT2D eigenvalue weighted by Crippen LogP contribution is 2.50. The maximum atomic E-state index is 14.5. The van der Waals surface area contributed by atoms with E-state index in [0.717, 1.165) is 18.5 Å². The van der Waals surface area contributed by atoms with Crippen molar-refractivity contribution in [2.75, 3.05) is 10.2 Å². The fourth-order valence-electron chi connectivity index (χ4n) is 4.40. The van der Waals surface area contributed by atoms with Gasteiger partial charge in [0.05, 0.1) is 17.3 Å². The molecule has 1 fully saturated rings. The number of nitrogens with zero attached hydrogens (tertiary/aromatic N) is 3. The van der Waals surface area contributed by atoms with Gasteiger partial charge in [0.2, 0.25) is 11.9 Å². The van der Waals surface area contributed by atoms with E-state index in [1.165, 1.54) is 19.1 Å². The number of carbonyl (C=O) groups excluding carboxylic acids is 1. The number of halogens is 1. The summed E-state index contributed by atoms with van der Waals surface area (Å²) >= 11 is 0. The van der Waals surface area contributed by atoms with Crippen LogP contribution in [0.3, 0.4) is 0 Å². The molecule has 1 aliphatic carbocycles. The number of aromatic nitrogens is 2. The van der Waals surface area contributed by atoms with Crippen LogP contribution in [-0.2, 0) is 4.79 Å². The number of carbonyl (C=O) groups is 2. The monoisotopic (exact) mass is 398 g/mol. The molecule has 0 bridgehead atoms. The van der Waals surface area contributed by atoms with Crippen molar-refractivity contribution in [3.63, 3.8) is 0 Å². The van der Waals surface area contributed by atoms with Gasteiger partial charge in [-0.05, 0) is 49.4 Å². The lowest BCUT2D eigenvalue weighted by molar-refractivity contribution is -0.117. The summed E-state index contributed by atoms with van der Waals surface area (Å²) in [5.74, 6) is -1.66. The molecule has 152 valence electrons. The molecule has 2 heterocycles. The molecule has 1 aromatic carbocycles. The lowest BCUT2D eigenvalue weighted by atomic mass is 9.79. The zero-order valence-corrected chi connectivity index (χ0v) is 16.5. The Kier molecular flexibility index (Phi) is 4.72. The zero-order chi connectivity index (χ0) is 20.9. The molecular formula is C21H23FN4O3. The van der Waals surface area contributed by atoms with E-state index in [9.17, 15) is 19.1 Å². The van der Waals surface area contributed by atoms with Gasteiger partial charge < -0.3 is 15.3 Å². The summed E-state index contributed by atoms with van der Waals surface area (Å²) in [6, 6.07) is 3.83. The average Bonchev–Trinajstić information content (AvgIpc) is 3.47. The van der Waals surface area contributed by atoms with Crippen LogP contribution >= 0.6 is 0 Å². The number of hydrogen-bond donors (Lipinski definition) is 2. The molecule has 3 atom stereocenters. The standard InChI is InChI=1S/C21H23FN4O3/c1-10-6-7-23-21(24-10)25-18-11(2)19(13-4-5-13)26(12(3)27)17-9-16(22)14(20(28)29)8-15(17)18/h6-9,11,13,18-19H,4-5H2,1-3H3,(H,28,29)(H,23,24,25)/t11-,18-,19-/m1/s1.